The number of hydrogen-bond acceptors (Lipinski definition) is 3. The number of hydrogen-bond donors (Lipinski definition) is 1. The van der Waals surface area contributed by atoms with Crippen LogP contribution in [0.25, 0.3) is 0 Å². The van der Waals surface area contributed by atoms with Gasteiger partial charge in [0.1, 0.15) is 0 Å². The molecule has 19 heavy (non-hydrogen) atoms. The minimum atomic E-state index is -0.422. The fourth-order valence-corrected chi connectivity index (χ4v) is 1.89. The van der Waals surface area contributed by atoms with Crippen LogP contribution >= 0.6 is 0 Å². The summed E-state index contributed by atoms with van der Waals surface area (Å²) in [5.41, 5.74) is 0.896. The van der Waals surface area contributed by atoms with Crippen LogP contribution < -0.4 is 9.47 Å². The number of benzene rings is 1. The van der Waals surface area contributed by atoms with Gasteiger partial charge in [-0.15, -0.1) is 0 Å². The molecule has 0 bridgehead atoms. The monoisotopic (exact) mass is 266 g/mol. The smallest absolute Gasteiger partial charge is 0.161 e. The lowest BCUT2D eigenvalue weighted by atomic mass is 10.0. The number of unbranched alkanes of at least 4 members (excludes halogenated alkanes) is 1. The molecule has 1 unspecified atom stereocenters. The van der Waals surface area contributed by atoms with Crippen LogP contribution in [0.5, 0.6) is 11.5 Å². The molecule has 3 nitrogen and oxygen atoms in total. The molecule has 0 saturated carbocycles. The van der Waals surface area contributed by atoms with Crippen molar-refractivity contribution in [3.05, 3.63) is 23.8 Å². The van der Waals surface area contributed by atoms with Crippen molar-refractivity contribution in [3.8, 4) is 11.5 Å². The predicted molar refractivity (Wildman–Crippen MR) is 77.9 cm³/mol. The van der Waals surface area contributed by atoms with E-state index in [2.05, 4.69) is 13.8 Å². The summed E-state index contributed by atoms with van der Waals surface area (Å²) in [5.74, 6) is 1.49. The van der Waals surface area contributed by atoms with Crippen molar-refractivity contribution in [2.75, 3.05) is 13.2 Å². The summed E-state index contributed by atoms with van der Waals surface area (Å²) in [4.78, 5) is 0. The second-order valence-electron chi connectivity index (χ2n) is 4.65. The molecule has 1 rings (SSSR count). The summed E-state index contributed by atoms with van der Waals surface area (Å²) in [6.45, 7) is 7.45. The van der Waals surface area contributed by atoms with Crippen molar-refractivity contribution in [2.24, 2.45) is 0 Å². The fourth-order valence-electron chi connectivity index (χ4n) is 1.89. The van der Waals surface area contributed by atoms with E-state index in [-0.39, 0.29) is 0 Å². The summed E-state index contributed by atoms with van der Waals surface area (Å²) in [7, 11) is 0. The largest absolute Gasteiger partial charge is 0.490 e. The molecule has 1 aromatic carbocycles. The van der Waals surface area contributed by atoms with Crippen molar-refractivity contribution in [2.45, 2.75) is 52.6 Å². The summed E-state index contributed by atoms with van der Waals surface area (Å²) < 4.78 is 11.3. The van der Waals surface area contributed by atoms with Crippen molar-refractivity contribution in [3.63, 3.8) is 0 Å². The van der Waals surface area contributed by atoms with E-state index < -0.39 is 6.10 Å². The molecule has 0 aromatic heterocycles. The van der Waals surface area contributed by atoms with Gasteiger partial charge in [-0.2, -0.15) is 0 Å². The SMILES string of the molecule is CCCCOc1ccc(C(O)CCC)cc1OCC. The van der Waals surface area contributed by atoms with Gasteiger partial charge in [-0.05, 0) is 37.5 Å². The first-order chi connectivity index (χ1) is 9.22. The lowest BCUT2D eigenvalue weighted by Crippen LogP contribution is -2.03. The van der Waals surface area contributed by atoms with Gasteiger partial charge in [-0.1, -0.05) is 32.8 Å². The molecule has 108 valence electrons. The molecule has 3 heteroatoms. The van der Waals surface area contributed by atoms with Gasteiger partial charge in [0.2, 0.25) is 0 Å². The van der Waals surface area contributed by atoms with Gasteiger partial charge >= 0.3 is 0 Å². The first kappa shape index (κ1) is 15.8. The average molecular weight is 266 g/mol. The molecule has 0 spiro atoms. The molecule has 0 aliphatic carbocycles. The Bertz CT molecular complexity index is 363. The Morgan fingerprint density at radius 1 is 1.05 bits per heavy atom. The van der Waals surface area contributed by atoms with Gasteiger partial charge < -0.3 is 14.6 Å². The summed E-state index contributed by atoms with van der Waals surface area (Å²) in [6, 6.07) is 5.71. The van der Waals surface area contributed by atoms with E-state index >= 15 is 0 Å². The van der Waals surface area contributed by atoms with Gasteiger partial charge in [0.25, 0.3) is 0 Å². The predicted octanol–water partition coefficient (Wildman–Crippen LogP) is 4.10. The highest BCUT2D eigenvalue weighted by molar-refractivity contribution is 5.43. The third-order valence-corrected chi connectivity index (χ3v) is 2.97. The second-order valence-corrected chi connectivity index (χ2v) is 4.65. The van der Waals surface area contributed by atoms with Crippen LogP contribution in [-0.2, 0) is 0 Å². The van der Waals surface area contributed by atoms with E-state index in [1.165, 1.54) is 0 Å². The number of aliphatic hydroxyl groups excluding tert-OH is 1. The van der Waals surface area contributed by atoms with Gasteiger partial charge in [0, 0.05) is 0 Å². The third-order valence-electron chi connectivity index (χ3n) is 2.97. The topological polar surface area (TPSA) is 38.7 Å². The van der Waals surface area contributed by atoms with E-state index in [4.69, 9.17) is 9.47 Å². The second kappa shape index (κ2) is 8.81. The Morgan fingerprint density at radius 2 is 1.84 bits per heavy atom. The zero-order chi connectivity index (χ0) is 14.1. The molecular formula is C16H26O3. The standard InChI is InChI=1S/C16H26O3/c1-4-7-11-19-15-10-9-13(14(17)8-5-2)12-16(15)18-6-3/h9-10,12,14,17H,4-8,11H2,1-3H3. The molecule has 1 N–H and O–H groups in total. The minimum absolute atomic E-state index is 0.422. The van der Waals surface area contributed by atoms with E-state index in [0.29, 0.717) is 13.2 Å². The van der Waals surface area contributed by atoms with Crippen LogP contribution in [0, 0.1) is 0 Å². The van der Waals surface area contributed by atoms with Gasteiger partial charge in [0.05, 0.1) is 19.3 Å². The molecule has 0 saturated heterocycles. The van der Waals surface area contributed by atoms with Crippen molar-refractivity contribution < 1.29 is 14.6 Å². The Balaban J connectivity index is 2.81. The number of aliphatic hydroxyl groups is 1. The first-order valence-corrected chi connectivity index (χ1v) is 7.30. The van der Waals surface area contributed by atoms with Crippen LogP contribution in [0.3, 0.4) is 0 Å². The van der Waals surface area contributed by atoms with Crippen molar-refractivity contribution in [1.82, 2.24) is 0 Å². The van der Waals surface area contributed by atoms with Gasteiger partial charge in [-0.25, -0.2) is 0 Å². The third kappa shape index (κ3) is 5.11. The van der Waals surface area contributed by atoms with E-state index in [0.717, 1.165) is 42.7 Å². The average Bonchev–Trinajstić information content (AvgIpc) is 2.41. The van der Waals surface area contributed by atoms with E-state index in [9.17, 15) is 5.11 Å². The normalized spacial score (nSPS) is 12.2. The zero-order valence-electron chi connectivity index (χ0n) is 12.3. The first-order valence-electron chi connectivity index (χ1n) is 7.30. The Labute approximate surface area is 116 Å². The van der Waals surface area contributed by atoms with Crippen LogP contribution in [-0.4, -0.2) is 18.3 Å². The maximum absolute atomic E-state index is 10.0. The quantitative estimate of drug-likeness (QED) is 0.684. The maximum Gasteiger partial charge on any atom is 0.161 e. The lowest BCUT2D eigenvalue weighted by Gasteiger charge is -2.15. The minimum Gasteiger partial charge on any atom is -0.490 e. The molecule has 0 radical (unpaired) electrons. The van der Waals surface area contributed by atoms with Crippen molar-refractivity contribution >= 4 is 0 Å². The summed E-state index contributed by atoms with van der Waals surface area (Å²) >= 11 is 0. The summed E-state index contributed by atoms with van der Waals surface area (Å²) in [5, 5.41) is 10.0. The molecule has 0 fully saturated rings. The zero-order valence-corrected chi connectivity index (χ0v) is 12.3. The Kier molecular flexibility index (Phi) is 7.34. The molecule has 0 amide bonds. The molecule has 0 heterocycles. The van der Waals surface area contributed by atoms with Crippen molar-refractivity contribution in [1.29, 1.82) is 0 Å². The molecule has 0 aliphatic rings. The molecule has 1 aromatic rings. The van der Waals surface area contributed by atoms with E-state index in [1.807, 2.05) is 25.1 Å². The fraction of sp³-hybridized carbons (Fsp3) is 0.625. The molecule has 0 aliphatic heterocycles. The van der Waals surface area contributed by atoms with Gasteiger partial charge in [-0.3, -0.25) is 0 Å². The van der Waals surface area contributed by atoms with Crippen LogP contribution in [0.15, 0.2) is 18.2 Å². The van der Waals surface area contributed by atoms with Crippen LogP contribution in [0.4, 0.5) is 0 Å². The lowest BCUT2D eigenvalue weighted by molar-refractivity contribution is 0.165. The summed E-state index contributed by atoms with van der Waals surface area (Å²) in [6.07, 6.45) is 3.44. The number of rotatable bonds is 9. The van der Waals surface area contributed by atoms with Crippen LogP contribution in [0.1, 0.15) is 58.1 Å². The molecule has 1 atom stereocenters. The highest BCUT2D eigenvalue weighted by atomic mass is 16.5. The van der Waals surface area contributed by atoms with Gasteiger partial charge in [0.15, 0.2) is 11.5 Å². The molecular weight excluding hydrogens is 240 g/mol. The van der Waals surface area contributed by atoms with Crippen LogP contribution in [0.2, 0.25) is 0 Å². The Hall–Kier alpha value is -1.22. The number of ether oxygens (including phenoxy) is 2. The van der Waals surface area contributed by atoms with E-state index in [1.54, 1.807) is 0 Å². The highest BCUT2D eigenvalue weighted by Gasteiger charge is 2.11. The Morgan fingerprint density at radius 3 is 2.47 bits per heavy atom. The maximum atomic E-state index is 10.0. The highest BCUT2D eigenvalue weighted by Crippen LogP contribution is 2.32.